The fourth-order valence-electron chi connectivity index (χ4n) is 5.22. The summed E-state index contributed by atoms with van der Waals surface area (Å²) < 4.78 is 7.21. The zero-order chi connectivity index (χ0) is 28.2. The Hall–Kier alpha value is -4.34. The molecule has 10 heteroatoms. The van der Waals surface area contributed by atoms with E-state index in [1.54, 1.807) is 0 Å². The minimum absolute atomic E-state index is 0.00337. The highest BCUT2D eigenvalue weighted by Gasteiger charge is 2.28. The van der Waals surface area contributed by atoms with Crippen LogP contribution in [0.3, 0.4) is 0 Å². The number of hydrogen-bond donors (Lipinski definition) is 2. The van der Waals surface area contributed by atoms with Gasteiger partial charge in [-0.25, -0.2) is 9.97 Å². The number of amides is 1. The molecule has 1 aliphatic carbocycles. The van der Waals surface area contributed by atoms with E-state index in [1.165, 1.54) is 5.56 Å². The van der Waals surface area contributed by atoms with Crippen LogP contribution in [0, 0.1) is 6.92 Å². The van der Waals surface area contributed by atoms with Crippen LogP contribution in [-0.4, -0.2) is 40.8 Å². The Labute approximate surface area is 232 Å². The molecule has 0 bridgehead atoms. The second kappa shape index (κ2) is 9.69. The molecule has 0 unspecified atom stereocenters. The summed E-state index contributed by atoms with van der Waals surface area (Å²) >= 11 is 0. The molecule has 4 aromatic heterocycles. The fraction of sp³-hybridized carbons (Fsp3) is 0.400. The van der Waals surface area contributed by atoms with Gasteiger partial charge in [0.15, 0.2) is 11.5 Å². The standard InChI is InChI=1S/C30H34N8O2/c1-16(2)38-15-22(17(3)36-38)25-33-24-21(12-13-31-26(24)34-25)19-10-11-20-18(14-19)8-7-9-23(20)32-27(39)28-35-29(37-40-28)30(4,5)6/h10-16,23H,7-9H2,1-6H3,(H,32,39)(H,31,33,34)/t23-/m0/s1. The third-order valence-electron chi connectivity index (χ3n) is 7.45. The van der Waals surface area contributed by atoms with Crippen molar-refractivity contribution in [1.29, 1.82) is 0 Å². The molecular weight excluding hydrogens is 504 g/mol. The number of nitrogens with zero attached hydrogens (tertiary/aromatic N) is 6. The van der Waals surface area contributed by atoms with E-state index < -0.39 is 0 Å². The monoisotopic (exact) mass is 538 g/mol. The number of rotatable bonds is 5. The van der Waals surface area contributed by atoms with E-state index in [-0.39, 0.29) is 29.3 Å². The van der Waals surface area contributed by atoms with E-state index in [9.17, 15) is 4.79 Å². The van der Waals surface area contributed by atoms with Crippen LogP contribution in [0.25, 0.3) is 33.7 Å². The number of aryl methyl sites for hydroxylation is 2. The number of hydrogen-bond acceptors (Lipinski definition) is 7. The predicted molar refractivity (Wildman–Crippen MR) is 152 cm³/mol. The van der Waals surface area contributed by atoms with Gasteiger partial charge in [-0.2, -0.15) is 10.1 Å². The Morgan fingerprint density at radius 3 is 2.73 bits per heavy atom. The summed E-state index contributed by atoms with van der Waals surface area (Å²) in [7, 11) is 0. The molecule has 1 atom stereocenters. The minimum Gasteiger partial charge on any atom is -0.341 e. The number of benzene rings is 1. The van der Waals surface area contributed by atoms with Gasteiger partial charge in [-0.05, 0) is 62.8 Å². The van der Waals surface area contributed by atoms with Crippen LogP contribution in [-0.2, 0) is 11.8 Å². The van der Waals surface area contributed by atoms with E-state index in [0.29, 0.717) is 5.82 Å². The largest absolute Gasteiger partial charge is 0.341 e. The molecule has 206 valence electrons. The van der Waals surface area contributed by atoms with Gasteiger partial charge in [0.05, 0.1) is 17.3 Å². The van der Waals surface area contributed by atoms with E-state index >= 15 is 0 Å². The molecule has 40 heavy (non-hydrogen) atoms. The van der Waals surface area contributed by atoms with E-state index in [1.807, 2.05) is 50.8 Å². The summed E-state index contributed by atoms with van der Waals surface area (Å²) in [6, 6.07) is 8.57. The average molecular weight is 539 g/mol. The van der Waals surface area contributed by atoms with E-state index in [0.717, 1.165) is 64.2 Å². The second-order valence-corrected chi connectivity index (χ2v) is 11.8. The number of nitrogens with one attached hydrogen (secondary N) is 2. The van der Waals surface area contributed by atoms with Gasteiger partial charge in [-0.3, -0.25) is 9.48 Å². The molecule has 6 rings (SSSR count). The number of fused-ring (bicyclic) bond motifs is 2. The maximum Gasteiger partial charge on any atom is 0.315 e. The van der Waals surface area contributed by atoms with Crippen molar-refractivity contribution in [2.24, 2.45) is 0 Å². The molecular formula is C30H34N8O2. The maximum atomic E-state index is 12.9. The summed E-state index contributed by atoms with van der Waals surface area (Å²) in [5.74, 6) is 0.924. The third-order valence-corrected chi connectivity index (χ3v) is 7.45. The van der Waals surface area contributed by atoms with Gasteiger partial charge < -0.3 is 14.8 Å². The number of aromatic nitrogens is 7. The lowest BCUT2D eigenvalue weighted by atomic mass is 9.85. The van der Waals surface area contributed by atoms with Gasteiger partial charge in [0.1, 0.15) is 11.3 Å². The van der Waals surface area contributed by atoms with Crippen molar-refractivity contribution in [3.8, 4) is 22.5 Å². The Bertz CT molecular complexity index is 1720. The quantitative estimate of drug-likeness (QED) is 0.287. The van der Waals surface area contributed by atoms with Crippen LogP contribution in [0.15, 0.2) is 41.2 Å². The molecule has 1 amide bonds. The van der Waals surface area contributed by atoms with Crippen LogP contribution < -0.4 is 5.32 Å². The van der Waals surface area contributed by atoms with Crippen LogP contribution >= 0.6 is 0 Å². The fourth-order valence-corrected chi connectivity index (χ4v) is 5.22. The average Bonchev–Trinajstić information content (AvgIpc) is 3.66. The molecule has 5 aromatic rings. The third kappa shape index (κ3) is 4.67. The first-order valence-electron chi connectivity index (χ1n) is 13.8. The molecule has 0 radical (unpaired) electrons. The predicted octanol–water partition coefficient (Wildman–Crippen LogP) is 5.87. The van der Waals surface area contributed by atoms with Gasteiger partial charge in [0, 0.05) is 29.4 Å². The molecule has 1 aliphatic rings. The van der Waals surface area contributed by atoms with Crippen molar-refractivity contribution in [3.63, 3.8) is 0 Å². The number of carbonyl (C=O) groups is 1. The molecule has 1 aromatic carbocycles. The highest BCUT2D eigenvalue weighted by molar-refractivity contribution is 5.92. The number of H-pyrrole nitrogens is 1. The van der Waals surface area contributed by atoms with E-state index in [4.69, 9.17) is 9.51 Å². The molecule has 0 saturated carbocycles. The SMILES string of the molecule is Cc1nn(C(C)C)cc1-c1nc2c(-c3ccc4c(c3)CCC[C@@H]4NC(=O)c3nc(C(C)(C)C)no3)ccnc2[nH]1. The number of carbonyl (C=O) groups excluding carboxylic acids is 1. The molecule has 2 N–H and O–H groups in total. The van der Waals surface area contributed by atoms with Crippen LogP contribution in [0.2, 0.25) is 0 Å². The summed E-state index contributed by atoms with van der Waals surface area (Å²) in [5, 5.41) is 11.7. The van der Waals surface area contributed by atoms with Gasteiger partial charge in [0.25, 0.3) is 0 Å². The summed E-state index contributed by atoms with van der Waals surface area (Å²) in [5.41, 5.74) is 7.56. The Kier molecular flexibility index (Phi) is 6.28. The Morgan fingerprint density at radius 2 is 2.00 bits per heavy atom. The van der Waals surface area contributed by atoms with Crippen LogP contribution in [0.4, 0.5) is 0 Å². The van der Waals surface area contributed by atoms with Crippen molar-refractivity contribution in [1.82, 2.24) is 40.2 Å². The highest BCUT2D eigenvalue weighted by atomic mass is 16.5. The van der Waals surface area contributed by atoms with Crippen molar-refractivity contribution in [2.45, 2.75) is 78.3 Å². The van der Waals surface area contributed by atoms with Gasteiger partial charge >= 0.3 is 11.8 Å². The first-order chi connectivity index (χ1) is 19.1. The van der Waals surface area contributed by atoms with Crippen molar-refractivity contribution in [3.05, 3.63) is 65.2 Å². The molecule has 0 aliphatic heterocycles. The first kappa shape index (κ1) is 25.9. The Balaban J connectivity index is 1.29. The molecule has 0 spiro atoms. The van der Waals surface area contributed by atoms with Crippen molar-refractivity contribution >= 4 is 17.1 Å². The molecule has 4 heterocycles. The first-order valence-corrected chi connectivity index (χ1v) is 13.8. The zero-order valence-corrected chi connectivity index (χ0v) is 23.7. The molecule has 10 nitrogen and oxygen atoms in total. The normalized spacial score (nSPS) is 15.5. The van der Waals surface area contributed by atoms with Crippen molar-refractivity contribution in [2.75, 3.05) is 0 Å². The van der Waals surface area contributed by atoms with E-state index in [2.05, 4.69) is 62.6 Å². The zero-order valence-electron chi connectivity index (χ0n) is 23.7. The maximum absolute atomic E-state index is 12.9. The minimum atomic E-state index is -0.346. The van der Waals surface area contributed by atoms with Crippen LogP contribution in [0.5, 0.6) is 0 Å². The van der Waals surface area contributed by atoms with Crippen molar-refractivity contribution < 1.29 is 9.32 Å². The van der Waals surface area contributed by atoms with Gasteiger partial charge in [0.2, 0.25) is 0 Å². The number of imidazole rings is 1. The number of pyridine rings is 1. The molecule has 0 fully saturated rings. The smallest absolute Gasteiger partial charge is 0.315 e. The number of aromatic amines is 1. The van der Waals surface area contributed by atoms with Gasteiger partial charge in [-0.1, -0.05) is 44.1 Å². The summed E-state index contributed by atoms with van der Waals surface area (Å²) in [6.07, 6.45) is 6.60. The van der Waals surface area contributed by atoms with Crippen LogP contribution in [0.1, 0.15) is 92.9 Å². The summed E-state index contributed by atoms with van der Waals surface area (Å²) in [4.78, 5) is 30.2. The highest BCUT2D eigenvalue weighted by Crippen LogP contribution is 2.35. The Morgan fingerprint density at radius 1 is 1.18 bits per heavy atom. The lowest BCUT2D eigenvalue weighted by molar-refractivity contribution is 0.0888. The topological polar surface area (TPSA) is 127 Å². The molecule has 0 saturated heterocycles. The summed E-state index contributed by atoms with van der Waals surface area (Å²) in [6.45, 7) is 12.2. The lowest BCUT2D eigenvalue weighted by Gasteiger charge is -2.26. The lowest BCUT2D eigenvalue weighted by Crippen LogP contribution is -2.31. The van der Waals surface area contributed by atoms with Gasteiger partial charge in [-0.15, -0.1) is 0 Å². The second-order valence-electron chi connectivity index (χ2n) is 11.8.